The molecule has 0 aliphatic carbocycles. The monoisotopic (exact) mass is 717 g/mol. The molecule has 0 saturated heterocycles. The number of aromatic nitrogens is 5. The zero-order chi connectivity index (χ0) is 37.0. The van der Waals surface area contributed by atoms with Crippen LogP contribution in [0.2, 0.25) is 0 Å². The molecule has 6 heteroatoms. The number of nitrogens with zero attached hydrogens (tertiary/aromatic N) is 5. The molecule has 262 valence electrons. The molecule has 0 aliphatic rings. The Hall–Kier alpha value is -7.70. The first-order valence-electron chi connectivity index (χ1n) is 18.6. The fourth-order valence-corrected chi connectivity index (χ4v) is 7.68. The van der Waals surface area contributed by atoms with Crippen LogP contribution < -0.4 is 0 Å². The minimum Gasteiger partial charge on any atom is -0.436 e. The van der Waals surface area contributed by atoms with Gasteiger partial charge in [0.1, 0.15) is 5.52 Å². The Morgan fingerprint density at radius 1 is 0.357 bits per heavy atom. The molecule has 0 bridgehead atoms. The van der Waals surface area contributed by atoms with Gasteiger partial charge in [0.25, 0.3) is 0 Å². The Bertz CT molecular complexity index is 3150. The van der Waals surface area contributed by atoms with Crippen molar-refractivity contribution in [2.45, 2.75) is 0 Å². The summed E-state index contributed by atoms with van der Waals surface area (Å²) in [4.78, 5) is 19.5. The third kappa shape index (κ3) is 5.51. The number of hydrogen-bond acceptors (Lipinski definition) is 5. The largest absolute Gasteiger partial charge is 0.436 e. The lowest BCUT2D eigenvalue weighted by molar-refractivity contribution is 0.620. The SMILES string of the molecule is c1ccc(-c2nc(-c3ccccc3)nc(-c3ccc4cc(-c5ccc(-n6c7ccccc7c7ccc(-c8nc9ccccc9o8)cc76)cc5)ccc4c3)n2)cc1. The zero-order valence-electron chi connectivity index (χ0n) is 30.0. The topological polar surface area (TPSA) is 69.6 Å². The highest BCUT2D eigenvalue weighted by Gasteiger charge is 2.17. The maximum atomic E-state index is 6.16. The van der Waals surface area contributed by atoms with Gasteiger partial charge in [-0.3, -0.25) is 0 Å². The molecule has 0 radical (unpaired) electrons. The Kier molecular flexibility index (Phi) is 7.38. The summed E-state index contributed by atoms with van der Waals surface area (Å²) in [6.07, 6.45) is 0. The number of rotatable bonds is 6. The second-order valence-corrected chi connectivity index (χ2v) is 13.9. The van der Waals surface area contributed by atoms with Crippen molar-refractivity contribution in [3.05, 3.63) is 188 Å². The first-order valence-corrected chi connectivity index (χ1v) is 18.6. The van der Waals surface area contributed by atoms with E-state index in [-0.39, 0.29) is 0 Å². The molecule has 0 amide bonds. The van der Waals surface area contributed by atoms with Crippen LogP contribution in [-0.2, 0) is 0 Å². The molecule has 11 aromatic rings. The first-order chi connectivity index (χ1) is 27.7. The molecule has 0 atom stereocenters. The third-order valence-corrected chi connectivity index (χ3v) is 10.5. The van der Waals surface area contributed by atoms with Crippen molar-refractivity contribution in [2.75, 3.05) is 0 Å². The zero-order valence-corrected chi connectivity index (χ0v) is 30.0. The van der Waals surface area contributed by atoms with Crippen molar-refractivity contribution in [1.29, 1.82) is 0 Å². The van der Waals surface area contributed by atoms with E-state index >= 15 is 0 Å². The van der Waals surface area contributed by atoms with Crippen LogP contribution in [0.3, 0.4) is 0 Å². The van der Waals surface area contributed by atoms with Crippen LogP contribution in [0.1, 0.15) is 0 Å². The van der Waals surface area contributed by atoms with Crippen LogP contribution in [0.5, 0.6) is 0 Å². The van der Waals surface area contributed by atoms with E-state index in [0.29, 0.717) is 23.4 Å². The summed E-state index contributed by atoms with van der Waals surface area (Å²) in [7, 11) is 0. The maximum absolute atomic E-state index is 6.16. The van der Waals surface area contributed by atoms with Gasteiger partial charge in [-0.2, -0.15) is 0 Å². The van der Waals surface area contributed by atoms with Crippen molar-refractivity contribution >= 4 is 43.7 Å². The van der Waals surface area contributed by atoms with E-state index in [2.05, 4.69) is 108 Å². The van der Waals surface area contributed by atoms with Crippen molar-refractivity contribution in [1.82, 2.24) is 24.5 Å². The molecule has 0 aliphatic heterocycles. The standard InChI is InChI=1S/C50H31N5O/c1-3-11-33(12-4-1)47-52-48(34-13-5-2-6-14-34)54-49(53-47)38-22-21-36-29-35(19-20-37(36)30-38)32-23-26-40(27-24-32)55-44-17-9-7-15-41(44)42-28-25-39(31-45(42)55)50-51-43-16-8-10-18-46(43)56-50/h1-31H. The van der Waals surface area contributed by atoms with Crippen LogP contribution in [0.4, 0.5) is 0 Å². The van der Waals surface area contributed by atoms with E-state index < -0.39 is 0 Å². The lowest BCUT2D eigenvalue weighted by Crippen LogP contribution is -2.00. The molecular weight excluding hydrogens is 687 g/mol. The average Bonchev–Trinajstić information content (AvgIpc) is 3.86. The van der Waals surface area contributed by atoms with Crippen molar-refractivity contribution < 1.29 is 4.42 Å². The highest BCUT2D eigenvalue weighted by molar-refractivity contribution is 6.10. The van der Waals surface area contributed by atoms with Gasteiger partial charge in [-0.25, -0.2) is 19.9 Å². The maximum Gasteiger partial charge on any atom is 0.227 e. The average molecular weight is 718 g/mol. The van der Waals surface area contributed by atoms with Gasteiger partial charge in [0, 0.05) is 38.7 Å². The lowest BCUT2D eigenvalue weighted by atomic mass is 9.99. The van der Waals surface area contributed by atoms with Gasteiger partial charge in [-0.05, 0) is 76.5 Å². The minimum atomic E-state index is 0.617. The van der Waals surface area contributed by atoms with E-state index in [1.54, 1.807) is 0 Å². The van der Waals surface area contributed by atoms with Crippen LogP contribution in [0.15, 0.2) is 192 Å². The number of fused-ring (bicyclic) bond motifs is 5. The van der Waals surface area contributed by atoms with Crippen LogP contribution in [0, 0.1) is 0 Å². The molecule has 3 aromatic heterocycles. The van der Waals surface area contributed by atoms with E-state index in [4.69, 9.17) is 24.4 Å². The van der Waals surface area contributed by atoms with Gasteiger partial charge in [0.05, 0.1) is 11.0 Å². The number of oxazole rings is 1. The highest BCUT2D eigenvalue weighted by Crippen LogP contribution is 2.36. The van der Waals surface area contributed by atoms with Crippen LogP contribution in [-0.4, -0.2) is 24.5 Å². The quantitative estimate of drug-likeness (QED) is 0.171. The summed E-state index contributed by atoms with van der Waals surface area (Å²) in [5, 5.41) is 4.65. The summed E-state index contributed by atoms with van der Waals surface area (Å²) in [6, 6.07) is 64.9. The summed E-state index contributed by atoms with van der Waals surface area (Å²) in [5.74, 6) is 2.56. The lowest BCUT2D eigenvalue weighted by Gasteiger charge is -2.11. The number of hydrogen-bond donors (Lipinski definition) is 0. The fraction of sp³-hybridized carbons (Fsp3) is 0. The molecule has 0 unspecified atom stereocenters. The molecule has 3 heterocycles. The van der Waals surface area contributed by atoms with E-state index in [1.807, 2.05) is 84.9 Å². The van der Waals surface area contributed by atoms with Crippen molar-refractivity contribution in [3.63, 3.8) is 0 Å². The Balaban J connectivity index is 0.944. The van der Waals surface area contributed by atoms with E-state index in [9.17, 15) is 0 Å². The fourth-order valence-electron chi connectivity index (χ4n) is 7.68. The summed E-state index contributed by atoms with van der Waals surface area (Å²) < 4.78 is 8.49. The predicted molar refractivity (Wildman–Crippen MR) is 226 cm³/mol. The van der Waals surface area contributed by atoms with Gasteiger partial charge < -0.3 is 8.98 Å². The molecule has 0 fully saturated rings. The first kappa shape index (κ1) is 31.8. The molecule has 0 spiro atoms. The van der Waals surface area contributed by atoms with Crippen molar-refractivity contribution in [2.24, 2.45) is 0 Å². The Morgan fingerprint density at radius 3 is 1.62 bits per heavy atom. The molecule has 0 N–H and O–H groups in total. The minimum absolute atomic E-state index is 0.617. The Labute approximate surface area is 322 Å². The smallest absolute Gasteiger partial charge is 0.227 e. The van der Waals surface area contributed by atoms with Gasteiger partial charge in [-0.15, -0.1) is 0 Å². The van der Waals surface area contributed by atoms with Gasteiger partial charge in [0.2, 0.25) is 5.89 Å². The molecule has 6 nitrogen and oxygen atoms in total. The van der Waals surface area contributed by atoms with E-state index in [0.717, 1.165) is 72.0 Å². The second kappa shape index (κ2) is 13.0. The van der Waals surface area contributed by atoms with Crippen molar-refractivity contribution in [3.8, 4) is 62.4 Å². The van der Waals surface area contributed by atoms with Crippen LogP contribution >= 0.6 is 0 Å². The molecule has 56 heavy (non-hydrogen) atoms. The number of para-hydroxylation sites is 3. The summed E-state index contributed by atoms with van der Waals surface area (Å²) >= 11 is 0. The highest BCUT2D eigenvalue weighted by atomic mass is 16.3. The van der Waals surface area contributed by atoms with Gasteiger partial charge in [0.15, 0.2) is 23.1 Å². The molecule has 0 saturated carbocycles. The molecular formula is C50H31N5O. The van der Waals surface area contributed by atoms with Gasteiger partial charge in [-0.1, -0.05) is 133 Å². The molecule has 11 rings (SSSR count). The van der Waals surface area contributed by atoms with E-state index in [1.165, 1.54) is 10.8 Å². The van der Waals surface area contributed by atoms with Gasteiger partial charge >= 0.3 is 0 Å². The van der Waals surface area contributed by atoms with Crippen LogP contribution in [0.25, 0.3) is 106 Å². The Morgan fingerprint density at radius 2 is 0.911 bits per heavy atom. The second-order valence-electron chi connectivity index (χ2n) is 13.9. The molecule has 8 aromatic carbocycles. The number of benzene rings is 8. The normalized spacial score (nSPS) is 11.6. The summed E-state index contributed by atoms with van der Waals surface area (Å²) in [6.45, 7) is 0. The third-order valence-electron chi connectivity index (χ3n) is 10.5. The predicted octanol–water partition coefficient (Wildman–Crippen LogP) is 12.6. The summed E-state index contributed by atoms with van der Waals surface area (Å²) in [5.41, 5.74) is 11.1.